The molecule has 0 N–H and O–H groups in total. The molecule has 0 fully saturated rings. The second-order valence-electron chi connectivity index (χ2n) is 10.8. The second-order valence-corrected chi connectivity index (χ2v) is 10.8. The van der Waals surface area contributed by atoms with Gasteiger partial charge >= 0.3 is 17.9 Å². The molecule has 44 heavy (non-hydrogen) atoms. The third-order valence-electron chi connectivity index (χ3n) is 7.40. The number of fused-ring (bicyclic) bond motifs is 3. The summed E-state index contributed by atoms with van der Waals surface area (Å²) in [6, 6.07) is 18.5. The minimum atomic E-state index is -0.483. The van der Waals surface area contributed by atoms with Crippen LogP contribution in [0, 0.1) is 0 Å². The number of hydrogen-bond acceptors (Lipinski definition) is 8. The summed E-state index contributed by atoms with van der Waals surface area (Å²) >= 11 is 0. The Labute approximate surface area is 258 Å². The van der Waals surface area contributed by atoms with Gasteiger partial charge in [-0.2, -0.15) is 0 Å². The Balaban J connectivity index is 1.28. The minimum Gasteiger partial charge on any atom is -0.494 e. The summed E-state index contributed by atoms with van der Waals surface area (Å²) in [5.74, 6) is 0.502. The lowest BCUT2D eigenvalue weighted by atomic mass is 9.82. The molecule has 0 amide bonds. The molecule has 4 rings (SSSR count). The largest absolute Gasteiger partial charge is 0.494 e. The molecule has 8 nitrogen and oxygen atoms in total. The monoisotopic (exact) mass is 598 g/mol. The van der Waals surface area contributed by atoms with Crippen LogP contribution >= 0.6 is 0 Å². The fraction of sp³-hybridized carbons (Fsp3) is 0.306. The van der Waals surface area contributed by atoms with E-state index in [9.17, 15) is 14.4 Å². The van der Waals surface area contributed by atoms with Crippen LogP contribution in [0.2, 0.25) is 0 Å². The molecule has 1 aliphatic rings. The number of esters is 3. The Morgan fingerprint density at radius 3 is 1.80 bits per heavy atom. The standard InChI is InChI=1S/C36H38O8/c1-5-33(37)42-20-10-8-7-9-19-40-26-13-11-25(12-14-26)35(39)44-28-16-18-30-29-17-15-27(41-21-22-43-34(38)6-2)23-31(29)36(3,4)32(30)24-28/h5-6,11-18,23-24H,1-2,7-10,19-22H2,3-4H3. The SMILES string of the molecule is C=CC(=O)OCCCCCCOc1ccc(C(=O)Oc2ccc3c(c2)C(C)(C)c2cc(OCCOC(=O)C=C)ccc2-3)cc1. The van der Waals surface area contributed by atoms with Gasteiger partial charge in [-0.05, 0) is 96.5 Å². The number of carbonyl (C=O) groups is 3. The number of ether oxygens (including phenoxy) is 5. The molecule has 3 aromatic rings. The molecular weight excluding hydrogens is 560 g/mol. The average molecular weight is 599 g/mol. The van der Waals surface area contributed by atoms with Crippen molar-refractivity contribution in [2.24, 2.45) is 0 Å². The summed E-state index contributed by atoms with van der Waals surface area (Å²) in [5, 5.41) is 0. The van der Waals surface area contributed by atoms with Crippen molar-refractivity contribution in [1.29, 1.82) is 0 Å². The van der Waals surface area contributed by atoms with E-state index >= 15 is 0 Å². The lowest BCUT2D eigenvalue weighted by Crippen LogP contribution is -2.16. The zero-order chi connectivity index (χ0) is 31.5. The Morgan fingerprint density at radius 2 is 1.16 bits per heavy atom. The molecule has 8 heteroatoms. The first-order chi connectivity index (χ1) is 21.2. The van der Waals surface area contributed by atoms with Crippen LogP contribution in [-0.4, -0.2) is 44.3 Å². The highest BCUT2D eigenvalue weighted by Gasteiger charge is 2.36. The first kappa shape index (κ1) is 32.1. The van der Waals surface area contributed by atoms with Crippen molar-refractivity contribution in [3.8, 4) is 28.4 Å². The summed E-state index contributed by atoms with van der Waals surface area (Å²) in [7, 11) is 0. The van der Waals surface area contributed by atoms with Gasteiger partial charge in [0.2, 0.25) is 0 Å². The van der Waals surface area contributed by atoms with Crippen molar-refractivity contribution >= 4 is 17.9 Å². The lowest BCUT2D eigenvalue weighted by molar-refractivity contribution is -0.139. The van der Waals surface area contributed by atoms with Crippen molar-refractivity contribution in [2.75, 3.05) is 26.4 Å². The number of carbonyl (C=O) groups excluding carboxylic acids is 3. The van der Waals surface area contributed by atoms with Gasteiger partial charge in [-0.1, -0.05) is 39.1 Å². The first-order valence-electron chi connectivity index (χ1n) is 14.7. The van der Waals surface area contributed by atoms with E-state index in [-0.39, 0.29) is 18.6 Å². The molecule has 0 heterocycles. The quantitative estimate of drug-likeness (QED) is 0.0753. The highest BCUT2D eigenvalue weighted by molar-refractivity contribution is 5.91. The molecule has 3 aromatic carbocycles. The van der Waals surface area contributed by atoms with Crippen molar-refractivity contribution < 1.29 is 38.1 Å². The molecule has 0 saturated carbocycles. The van der Waals surface area contributed by atoms with Crippen LogP contribution in [0.5, 0.6) is 17.2 Å². The second kappa shape index (κ2) is 15.0. The normalized spacial score (nSPS) is 12.3. The third kappa shape index (κ3) is 8.16. The van der Waals surface area contributed by atoms with Crippen LogP contribution < -0.4 is 14.2 Å². The summed E-state index contributed by atoms with van der Waals surface area (Å²) in [4.78, 5) is 35.2. The van der Waals surface area contributed by atoms with Crippen molar-refractivity contribution in [1.82, 2.24) is 0 Å². The summed E-state index contributed by atoms with van der Waals surface area (Å²) in [6.45, 7) is 12.3. The van der Waals surface area contributed by atoms with Gasteiger partial charge in [0.1, 0.15) is 30.5 Å². The van der Waals surface area contributed by atoms with E-state index in [0.29, 0.717) is 36.0 Å². The Morgan fingerprint density at radius 1 is 0.636 bits per heavy atom. The van der Waals surface area contributed by atoms with Crippen LogP contribution in [0.4, 0.5) is 0 Å². The van der Waals surface area contributed by atoms with Crippen molar-refractivity contribution in [3.05, 3.63) is 103 Å². The Bertz CT molecular complexity index is 1500. The van der Waals surface area contributed by atoms with Crippen LogP contribution in [0.3, 0.4) is 0 Å². The van der Waals surface area contributed by atoms with E-state index in [1.807, 2.05) is 30.3 Å². The summed E-state index contributed by atoms with van der Waals surface area (Å²) in [6.07, 6.45) is 5.86. The lowest BCUT2D eigenvalue weighted by Gasteiger charge is -2.22. The maximum Gasteiger partial charge on any atom is 0.343 e. The third-order valence-corrected chi connectivity index (χ3v) is 7.40. The van der Waals surface area contributed by atoms with Crippen LogP contribution in [0.15, 0.2) is 86.0 Å². The van der Waals surface area contributed by atoms with Crippen LogP contribution in [0.25, 0.3) is 11.1 Å². The zero-order valence-corrected chi connectivity index (χ0v) is 25.3. The van der Waals surface area contributed by atoms with Gasteiger partial charge in [-0.25, -0.2) is 14.4 Å². The van der Waals surface area contributed by atoms with E-state index in [2.05, 4.69) is 27.0 Å². The van der Waals surface area contributed by atoms with Crippen LogP contribution in [0.1, 0.15) is 61.0 Å². The summed E-state index contributed by atoms with van der Waals surface area (Å²) < 4.78 is 27.3. The summed E-state index contributed by atoms with van der Waals surface area (Å²) in [5.41, 5.74) is 4.40. The molecule has 0 aliphatic heterocycles. The molecule has 0 saturated heterocycles. The van der Waals surface area contributed by atoms with Gasteiger partial charge < -0.3 is 23.7 Å². The molecule has 0 bridgehead atoms. The predicted molar refractivity (Wildman–Crippen MR) is 167 cm³/mol. The van der Waals surface area contributed by atoms with Crippen LogP contribution in [-0.2, 0) is 24.5 Å². The molecule has 0 radical (unpaired) electrons. The van der Waals surface area contributed by atoms with Gasteiger partial charge in [-0.15, -0.1) is 0 Å². The van der Waals surface area contributed by atoms with Gasteiger partial charge in [0.25, 0.3) is 0 Å². The fourth-order valence-electron chi connectivity index (χ4n) is 5.04. The maximum absolute atomic E-state index is 12.9. The van der Waals surface area contributed by atoms with Crippen molar-refractivity contribution in [3.63, 3.8) is 0 Å². The van der Waals surface area contributed by atoms with E-state index in [1.54, 1.807) is 30.3 Å². The highest BCUT2D eigenvalue weighted by Crippen LogP contribution is 2.50. The highest BCUT2D eigenvalue weighted by atomic mass is 16.6. The molecule has 1 aliphatic carbocycles. The Hall–Kier alpha value is -4.85. The minimum absolute atomic E-state index is 0.134. The zero-order valence-electron chi connectivity index (χ0n) is 25.3. The topological polar surface area (TPSA) is 97.4 Å². The van der Waals surface area contributed by atoms with E-state index in [1.165, 1.54) is 0 Å². The van der Waals surface area contributed by atoms with Crippen molar-refractivity contribution in [2.45, 2.75) is 44.9 Å². The van der Waals surface area contributed by atoms with Gasteiger partial charge in [0.05, 0.1) is 18.8 Å². The van der Waals surface area contributed by atoms with E-state index < -0.39 is 17.9 Å². The number of unbranched alkanes of at least 4 members (excludes halogenated alkanes) is 3. The van der Waals surface area contributed by atoms with Gasteiger partial charge in [0, 0.05) is 17.6 Å². The van der Waals surface area contributed by atoms with Gasteiger partial charge in [-0.3, -0.25) is 0 Å². The Kier molecular flexibility index (Phi) is 11.0. The molecule has 0 aromatic heterocycles. The molecule has 230 valence electrons. The molecular formula is C36H38O8. The molecule has 0 unspecified atom stereocenters. The number of hydrogen-bond donors (Lipinski definition) is 0. The van der Waals surface area contributed by atoms with E-state index in [4.69, 9.17) is 23.7 Å². The fourth-order valence-corrected chi connectivity index (χ4v) is 5.04. The average Bonchev–Trinajstić information content (AvgIpc) is 3.25. The van der Waals surface area contributed by atoms with E-state index in [0.717, 1.165) is 60.1 Å². The number of benzene rings is 3. The molecule has 0 atom stereocenters. The maximum atomic E-state index is 12.9. The smallest absolute Gasteiger partial charge is 0.343 e. The first-order valence-corrected chi connectivity index (χ1v) is 14.7. The van der Waals surface area contributed by atoms with Gasteiger partial charge in [0.15, 0.2) is 0 Å². The molecule has 0 spiro atoms. The number of rotatable bonds is 16. The predicted octanol–water partition coefficient (Wildman–Crippen LogP) is 6.99.